The van der Waals surface area contributed by atoms with Gasteiger partial charge < -0.3 is 10.5 Å². The van der Waals surface area contributed by atoms with Gasteiger partial charge in [-0.15, -0.1) is 0 Å². The van der Waals surface area contributed by atoms with Gasteiger partial charge in [0.15, 0.2) is 0 Å². The molecule has 0 atom stereocenters. The summed E-state index contributed by atoms with van der Waals surface area (Å²) in [4.78, 5) is 8.49. The van der Waals surface area contributed by atoms with E-state index >= 15 is 0 Å². The van der Waals surface area contributed by atoms with E-state index in [0.717, 1.165) is 11.4 Å². The number of aromatic nitrogens is 2. The molecule has 2 N–H and O–H groups in total. The van der Waals surface area contributed by atoms with Crippen molar-refractivity contribution in [2.24, 2.45) is 5.73 Å². The molecule has 0 radical (unpaired) electrons. The normalized spacial score (nSPS) is 11.1. The highest BCUT2D eigenvalue weighted by Crippen LogP contribution is 2.02. The molecule has 17 heavy (non-hydrogen) atoms. The maximum atomic E-state index is 11.8. The van der Waals surface area contributed by atoms with Crippen LogP contribution in [0.25, 0.3) is 0 Å². The zero-order valence-electron chi connectivity index (χ0n) is 9.83. The Morgan fingerprint density at radius 2 is 2.12 bits per heavy atom. The molecular weight excluding hydrogens is 228 g/mol. The van der Waals surface area contributed by atoms with Crippen LogP contribution in [0.15, 0.2) is 6.07 Å². The van der Waals surface area contributed by atoms with Gasteiger partial charge in [-0.3, -0.25) is 0 Å². The van der Waals surface area contributed by atoms with Crippen molar-refractivity contribution in [1.29, 1.82) is 0 Å². The number of ether oxygens (including phenoxy) is 1. The van der Waals surface area contributed by atoms with Crippen LogP contribution in [0.4, 0.5) is 8.78 Å². The average molecular weight is 245 g/mol. The first kappa shape index (κ1) is 13.9. The van der Waals surface area contributed by atoms with Gasteiger partial charge in [0.05, 0.1) is 6.61 Å². The van der Waals surface area contributed by atoms with Crippen molar-refractivity contribution >= 4 is 0 Å². The zero-order chi connectivity index (χ0) is 12.7. The van der Waals surface area contributed by atoms with Crippen LogP contribution in [-0.4, -0.2) is 36.2 Å². The van der Waals surface area contributed by atoms with Crippen LogP contribution in [-0.2, 0) is 17.6 Å². The summed E-state index contributed by atoms with van der Waals surface area (Å²) in [5.74, 6) is 0.614. The third kappa shape index (κ3) is 5.65. The van der Waals surface area contributed by atoms with Crippen molar-refractivity contribution < 1.29 is 13.5 Å². The van der Waals surface area contributed by atoms with Crippen LogP contribution in [0.5, 0.6) is 0 Å². The third-order valence-corrected chi connectivity index (χ3v) is 2.07. The second-order valence-electron chi connectivity index (χ2n) is 3.67. The minimum Gasteiger partial charge on any atom is -0.375 e. The summed E-state index contributed by atoms with van der Waals surface area (Å²) in [5.41, 5.74) is 7.18. The minimum absolute atomic E-state index is 0.204. The Labute approximate surface area is 99.2 Å². The van der Waals surface area contributed by atoms with E-state index in [1.54, 1.807) is 0 Å². The number of halogens is 2. The number of hydrogen-bond donors (Lipinski definition) is 1. The van der Waals surface area contributed by atoms with Gasteiger partial charge in [0.25, 0.3) is 6.43 Å². The molecule has 0 bridgehead atoms. The lowest BCUT2D eigenvalue weighted by Crippen LogP contribution is -2.11. The number of hydrogen-bond acceptors (Lipinski definition) is 4. The van der Waals surface area contributed by atoms with Crippen LogP contribution in [0.3, 0.4) is 0 Å². The molecule has 6 heteroatoms. The van der Waals surface area contributed by atoms with Crippen molar-refractivity contribution in [3.63, 3.8) is 0 Å². The van der Waals surface area contributed by atoms with Crippen molar-refractivity contribution in [1.82, 2.24) is 9.97 Å². The molecule has 1 aromatic heterocycles. The number of rotatable bonds is 7. The van der Waals surface area contributed by atoms with Crippen LogP contribution >= 0.6 is 0 Å². The van der Waals surface area contributed by atoms with Crippen LogP contribution in [0, 0.1) is 6.92 Å². The first-order chi connectivity index (χ1) is 8.11. The molecule has 0 fully saturated rings. The Morgan fingerprint density at radius 1 is 1.35 bits per heavy atom. The smallest absolute Gasteiger partial charge is 0.261 e. The standard InChI is InChI=1S/C11H17F2N3O/c1-8-6-9(2-4-14)16-11(15-8)3-5-17-7-10(12)13/h6,10H,2-5,7,14H2,1H3. The fourth-order valence-electron chi connectivity index (χ4n) is 1.42. The van der Waals surface area contributed by atoms with E-state index in [1.807, 2.05) is 13.0 Å². The molecular formula is C11H17F2N3O. The molecule has 0 saturated carbocycles. The van der Waals surface area contributed by atoms with Crippen LogP contribution in [0.2, 0.25) is 0 Å². The Morgan fingerprint density at radius 3 is 2.76 bits per heavy atom. The van der Waals surface area contributed by atoms with Crippen molar-refractivity contribution in [3.8, 4) is 0 Å². The number of alkyl halides is 2. The van der Waals surface area contributed by atoms with Gasteiger partial charge in [-0.25, -0.2) is 18.7 Å². The highest BCUT2D eigenvalue weighted by atomic mass is 19.3. The van der Waals surface area contributed by atoms with Gasteiger partial charge in [-0.05, 0) is 19.5 Å². The molecule has 1 rings (SSSR count). The number of nitrogens with zero attached hydrogens (tertiary/aromatic N) is 2. The maximum absolute atomic E-state index is 11.8. The molecule has 0 aromatic carbocycles. The van der Waals surface area contributed by atoms with Gasteiger partial charge in [0.1, 0.15) is 12.4 Å². The predicted octanol–water partition coefficient (Wildman–Crippen LogP) is 1.11. The topological polar surface area (TPSA) is 61.0 Å². The van der Waals surface area contributed by atoms with E-state index in [0.29, 0.717) is 25.2 Å². The van der Waals surface area contributed by atoms with Crippen molar-refractivity contribution in [2.75, 3.05) is 19.8 Å². The Hall–Kier alpha value is -1.14. The van der Waals surface area contributed by atoms with Gasteiger partial charge in [-0.1, -0.05) is 0 Å². The predicted molar refractivity (Wildman–Crippen MR) is 60.1 cm³/mol. The first-order valence-corrected chi connectivity index (χ1v) is 5.51. The summed E-state index contributed by atoms with van der Waals surface area (Å²) in [7, 11) is 0. The lowest BCUT2D eigenvalue weighted by atomic mass is 10.2. The Balaban J connectivity index is 2.46. The number of nitrogens with two attached hydrogens (primary N) is 1. The fraction of sp³-hybridized carbons (Fsp3) is 0.636. The molecule has 1 heterocycles. The monoisotopic (exact) mass is 245 g/mol. The SMILES string of the molecule is Cc1cc(CCN)nc(CCOCC(F)F)n1. The van der Waals surface area contributed by atoms with E-state index in [2.05, 4.69) is 9.97 Å². The molecule has 96 valence electrons. The van der Waals surface area contributed by atoms with Gasteiger partial charge in [-0.2, -0.15) is 0 Å². The van der Waals surface area contributed by atoms with Gasteiger partial charge in [0, 0.05) is 24.2 Å². The van der Waals surface area contributed by atoms with E-state index in [1.165, 1.54) is 0 Å². The fourth-order valence-corrected chi connectivity index (χ4v) is 1.42. The zero-order valence-corrected chi connectivity index (χ0v) is 9.83. The third-order valence-electron chi connectivity index (χ3n) is 2.07. The Kier molecular flexibility index (Phi) is 5.93. The van der Waals surface area contributed by atoms with E-state index in [9.17, 15) is 8.78 Å². The number of aryl methyl sites for hydroxylation is 1. The summed E-state index contributed by atoms with van der Waals surface area (Å²) in [6.07, 6.45) is -1.30. The van der Waals surface area contributed by atoms with Gasteiger partial charge in [0.2, 0.25) is 0 Å². The van der Waals surface area contributed by atoms with E-state index < -0.39 is 13.0 Å². The largest absolute Gasteiger partial charge is 0.375 e. The molecule has 0 amide bonds. The second-order valence-corrected chi connectivity index (χ2v) is 3.67. The maximum Gasteiger partial charge on any atom is 0.261 e. The molecule has 0 aliphatic carbocycles. The summed E-state index contributed by atoms with van der Waals surface area (Å²) >= 11 is 0. The second kappa shape index (κ2) is 7.24. The lowest BCUT2D eigenvalue weighted by Gasteiger charge is -2.06. The average Bonchev–Trinajstić information content (AvgIpc) is 2.24. The van der Waals surface area contributed by atoms with E-state index in [-0.39, 0.29) is 6.61 Å². The molecule has 0 aliphatic rings. The highest BCUT2D eigenvalue weighted by Gasteiger charge is 2.04. The van der Waals surface area contributed by atoms with Crippen LogP contribution in [0.1, 0.15) is 17.2 Å². The molecule has 4 nitrogen and oxygen atoms in total. The molecule has 0 saturated heterocycles. The quantitative estimate of drug-likeness (QED) is 0.731. The van der Waals surface area contributed by atoms with Crippen molar-refractivity contribution in [2.45, 2.75) is 26.2 Å². The molecule has 0 spiro atoms. The summed E-state index contributed by atoms with van der Waals surface area (Å²) in [6.45, 7) is 2.06. The molecule has 0 unspecified atom stereocenters. The summed E-state index contributed by atoms with van der Waals surface area (Å²) in [5, 5.41) is 0. The first-order valence-electron chi connectivity index (χ1n) is 5.51. The van der Waals surface area contributed by atoms with Gasteiger partial charge >= 0.3 is 0 Å². The molecule has 1 aromatic rings. The summed E-state index contributed by atoms with van der Waals surface area (Å²) in [6, 6.07) is 1.87. The summed E-state index contributed by atoms with van der Waals surface area (Å²) < 4.78 is 28.4. The lowest BCUT2D eigenvalue weighted by molar-refractivity contribution is 0.0182. The minimum atomic E-state index is -2.43. The molecule has 0 aliphatic heterocycles. The van der Waals surface area contributed by atoms with E-state index in [4.69, 9.17) is 10.5 Å². The highest BCUT2D eigenvalue weighted by molar-refractivity contribution is 5.10. The Bertz CT molecular complexity index is 347. The van der Waals surface area contributed by atoms with Crippen LogP contribution < -0.4 is 5.73 Å². The van der Waals surface area contributed by atoms with Crippen molar-refractivity contribution in [3.05, 3.63) is 23.3 Å².